The zero-order chi connectivity index (χ0) is 46.3. The summed E-state index contributed by atoms with van der Waals surface area (Å²) in [4.78, 5) is 91.8. The van der Waals surface area contributed by atoms with Gasteiger partial charge in [-0.3, -0.25) is 28.8 Å². The van der Waals surface area contributed by atoms with Gasteiger partial charge in [0, 0.05) is 38.8 Å². The molecule has 0 fully saturated rings. The highest BCUT2D eigenvalue weighted by Gasteiger charge is 2.31. The molecule has 6 atom stereocenters. The summed E-state index contributed by atoms with van der Waals surface area (Å²) in [7, 11) is 0. The van der Waals surface area contributed by atoms with E-state index in [0.29, 0.717) is 11.1 Å². The monoisotopic (exact) mass is 878 g/mol. The summed E-state index contributed by atoms with van der Waals surface area (Å²) >= 11 is 0. The highest BCUT2D eigenvalue weighted by atomic mass is 16.4. The molecule has 340 valence electrons. The third-order valence-corrected chi connectivity index (χ3v) is 10.3. The van der Waals surface area contributed by atoms with Gasteiger partial charge in [-0.15, -0.1) is 0 Å². The Morgan fingerprint density at radius 2 is 0.672 bits per heavy atom. The molecular weight excluding hydrogens is 821 g/mol. The van der Waals surface area contributed by atoms with E-state index in [1.807, 2.05) is 12.1 Å². The fourth-order valence-corrected chi connectivity index (χ4v) is 6.70. The molecule has 64 heavy (non-hydrogen) atoms. The number of rotatable bonds is 26. The number of amides is 6. The van der Waals surface area contributed by atoms with Crippen LogP contribution in [0.25, 0.3) is 0 Å². The van der Waals surface area contributed by atoms with Crippen LogP contribution in [0.4, 0.5) is 4.79 Å². The number of hydrogen-bond donors (Lipinski definition) is 10. The van der Waals surface area contributed by atoms with E-state index in [4.69, 9.17) is 21.7 Å². The molecule has 12 N–H and O–H groups in total. The largest absolute Gasteiger partial charge is 0.480 e. The molecule has 0 unspecified atom stereocenters. The lowest BCUT2D eigenvalue weighted by Gasteiger charge is -2.26. The second-order valence-corrected chi connectivity index (χ2v) is 15.4. The van der Waals surface area contributed by atoms with Crippen LogP contribution in [0.1, 0.15) is 47.9 Å². The summed E-state index contributed by atoms with van der Waals surface area (Å²) in [5.74, 6) is -4.73. The van der Waals surface area contributed by atoms with Gasteiger partial charge in [-0.05, 0) is 47.9 Å². The third-order valence-electron chi connectivity index (χ3n) is 10.3. The maximum atomic E-state index is 14.2. The van der Waals surface area contributed by atoms with Gasteiger partial charge in [0.25, 0.3) is 0 Å². The fraction of sp³-hybridized carbons (Fsp3) is 0.340. The summed E-state index contributed by atoms with van der Waals surface area (Å²) in [5, 5.41) is 34.8. The molecule has 0 radical (unpaired) electrons. The van der Waals surface area contributed by atoms with Gasteiger partial charge in [-0.1, -0.05) is 121 Å². The molecule has 0 saturated carbocycles. The molecule has 0 heterocycles. The van der Waals surface area contributed by atoms with Crippen molar-refractivity contribution in [2.75, 3.05) is 13.1 Å². The molecule has 0 bridgehead atoms. The minimum atomic E-state index is -1.24. The first kappa shape index (κ1) is 49.5. The van der Waals surface area contributed by atoms with Crippen molar-refractivity contribution in [3.8, 4) is 0 Å². The molecule has 17 heteroatoms. The minimum absolute atomic E-state index is 0.0130. The lowest BCUT2D eigenvalue weighted by atomic mass is 10.0. The highest BCUT2D eigenvalue weighted by Crippen LogP contribution is 2.10. The normalized spacial score (nSPS) is 13.7. The molecule has 0 saturated heterocycles. The molecule has 0 aliphatic heterocycles. The average molecular weight is 879 g/mol. The molecule has 4 rings (SSSR count). The van der Waals surface area contributed by atoms with Crippen LogP contribution >= 0.6 is 0 Å². The number of benzene rings is 4. The molecule has 0 aliphatic carbocycles. The Morgan fingerprint density at radius 3 is 0.938 bits per heavy atom. The molecule has 4 aromatic rings. The van der Waals surface area contributed by atoms with Crippen LogP contribution in [0, 0.1) is 0 Å². The van der Waals surface area contributed by atoms with Crippen LogP contribution in [-0.4, -0.2) is 101 Å². The Labute approximate surface area is 372 Å². The first-order valence-corrected chi connectivity index (χ1v) is 21.1. The van der Waals surface area contributed by atoms with Crippen molar-refractivity contribution in [1.29, 1.82) is 0 Å². The van der Waals surface area contributed by atoms with Crippen molar-refractivity contribution in [3.63, 3.8) is 0 Å². The number of nitrogens with two attached hydrogens (primary N) is 2. The summed E-state index contributed by atoms with van der Waals surface area (Å²) in [6.45, 7) is 0.213. The van der Waals surface area contributed by atoms with E-state index in [-0.39, 0.29) is 64.5 Å². The lowest BCUT2D eigenvalue weighted by molar-refractivity contribution is -0.139. The summed E-state index contributed by atoms with van der Waals surface area (Å²) in [5.41, 5.74) is 14.1. The van der Waals surface area contributed by atoms with Crippen LogP contribution in [-0.2, 0) is 54.5 Å². The van der Waals surface area contributed by atoms with Crippen molar-refractivity contribution >= 4 is 41.6 Å². The van der Waals surface area contributed by atoms with Gasteiger partial charge in [0.05, 0.1) is 0 Å². The number of hydrogen-bond acceptors (Lipinski definition) is 9. The van der Waals surface area contributed by atoms with Crippen molar-refractivity contribution in [1.82, 2.24) is 31.9 Å². The quantitative estimate of drug-likeness (QED) is 0.0404. The van der Waals surface area contributed by atoms with Gasteiger partial charge in [-0.25, -0.2) is 4.79 Å². The average Bonchev–Trinajstić information content (AvgIpc) is 3.29. The standard InChI is InChI=1S/C47H58N8O9/c48-35(45(60)61)23-13-25-50-41(56)37(27-31-15-5-1-6-16-31)52-43(58)39(29-33-19-9-3-10-20-33)54-47(64)55-40(30-34-21-11-4-12-22-34)44(59)53-38(28-32-17-7-2-8-18-32)42(57)51-26-14-24-36(49)46(62)63/h1-12,15-22,35-40H,13-14,23-30,48-49H2,(H,50,56)(H,51,57)(H,52,58)(H,53,59)(H,60,61)(H,62,63)(H2,54,55,64)/t35-,36-,37-,38-,39-,40-/m0/s1. The summed E-state index contributed by atoms with van der Waals surface area (Å²) in [6, 6.07) is 28.1. The van der Waals surface area contributed by atoms with E-state index >= 15 is 0 Å². The summed E-state index contributed by atoms with van der Waals surface area (Å²) < 4.78 is 0. The van der Waals surface area contributed by atoms with Crippen LogP contribution in [0.15, 0.2) is 121 Å². The lowest BCUT2D eigenvalue weighted by Crippen LogP contribution is -2.59. The van der Waals surface area contributed by atoms with Gasteiger partial charge >= 0.3 is 18.0 Å². The van der Waals surface area contributed by atoms with Gasteiger partial charge in [0.2, 0.25) is 23.6 Å². The van der Waals surface area contributed by atoms with Crippen LogP contribution in [0.2, 0.25) is 0 Å². The van der Waals surface area contributed by atoms with Crippen molar-refractivity contribution in [2.45, 2.75) is 87.6 Å². The van der Waals surface area contributed by atoms with Crippen LogP contribution < -0.4 is 43.4 Å². The second-order valence-electron chi connectivity index (χ2n) is 15.4. The number of carbonyl (C=O) groups is 7. The Balaban J connectivity index is 1.54. The van der Waals surface area contributed by atoms with E-state index in [9.17, 15) is 33.6 Å². The maximum Gasteiger partial charge on any atom is 0.320 e. The molecule has 17 nitrogen and oxygen atoms in total. The van der Waals surface area contributed by atoms with Crippen molar-refractivity contribution in [2.24, 2.45) is 11.5 Å². The predicted molar refractivity (Wildman–Crippen MR) is 239 cm³/mol. The summed E-state index contributed by atoms with van der Waals surface area (Å²) in [6.07, 6.45) is 1.04. The molecular formula is C47H58N8O9. The smallest absolute Gasteiger partial charge is 0.320 e. The fourth-order valence-electron chi connectivity index (χ4n) is 6.70. The highest BCUT2D eigenvalue weighted by molar-refractivity contribution is 5.94. The Kier molecular flexibility index (Phi) is 20.4. The zero-order valence-electron chi connectivity index (χ0n) is 35.5. The van der Waals surface area contributed by atoms with E-state index in [1.54, 1.807) is 109 Å². The Bertz CT molecular complexity index is 1960. The van der Waals surface area contributed by atoms with Crippen molar-refractivity contribution in [3.05, 3.63) is 144 Å². The number of carboxylic acid groups (broad SMARTS) is 2. The SMILES string of the molecule is N[C@@H](CCCNC(=O)[C@H](Cc1ccccc1)NC(=O)[C@H](Cc1ccccc1)NC(=O)N[C@@H](Cc1ccccc1)C(=O)N[C@@H](Cc1ccccc1)C(=O)NCCC[C@H](N)C(=O)O)C(=O)O. The molecule has 6 amide bonds. The van der Waals surface area contributed by atoms with Gasteiger partial charge in [-0.2, -0.15) is 0 Å². The first-order valence-electron chi connectivity index (χ1n) is 21.1. The maximum absolute atomic E-state index is 14.2. The first-order chi connectivity index (χ1) is 30.8. The number of aliphatic carboxylic acids is 2. The topological polar surface area (TPSA) is 284 Å². The number of carbonyl (C=O) groups excluding carboxylic acids is 5. The number of urea groups is 1. The Morgan fingerprint density at radius 1 is 0.406 bits per heavy atom. The molecule has 4 aromatic carbocycles. The Hall–Kier alpha value is -7.11. The second kappa shape index (κ2) is 26.4. The number of nitrogens with one attached hydrogen (secondary N) is 6. The van der Waals surface area contributed by atoms with E-state index in [2.05, 4.69) is 31.9 Å². The number of carboxylic acids is 2. The molecule has 0 spiro atoms. The predicted octanol–water partition coefficient (Wildman–Crippen LogP) is 1.58. The van der Waals surface area contributed by atoms with E-state index < -0.39 is 77.8 Å². The minimum Gasteiger partial charge on any atom is -0.480 e. The third kappa shape index (κ3) is 17.7. The van der Waals surface area contributed by atoms with Gasteiger partial charge < -0.3 is 53.6 Å². The van der Waals surface area contributed by atoms with Crippen LogP contribution in [0.5, 0.6) is 0 Å². The molecule has 0 aromatic heterocycles. The molecule has 0 aliphatic rings. The van der Waals surface area contributed by atoms with Crippen molar-refractivity contribution < 1.29 is 43.8 Å². The van der Waals surface area contributed by atoms with Gasteiger partial charge in [0.1, 0.15) is 36.3 Å². The van der Waals surface area contributed by atoms with Gasteiger partial charge in [0.15, 0.2) is 0 Å². The van der Waals surface area contributed by atoms with E-state index in [1.165, 1.54) is 0 Å². The van der Waals surface area contributed by atoms with Crippen LogP contribution in [0.3, 0.4) is 0 Å². The zero-order valence-corrected chi connectivity index (χ0v) is 35.5. The van der Waals surface area contributed by atoms with E-state index in [0.717, 1.165) is 11.1 Å².